The minimum absolute atomic E-state index is 0.0441. The highest BCUT2D eigenvalue weighted by Gasteiger charge is 2.36. The lowest BCUT2D eigenvalue weighted by Crippen LogP contribution is -2.48. The fourth-order valence-corrected chi connectivity index (χ4v) is 4.58. The lowest BCUT2D eigenvalue weighted by atomic mass is 10.1. The number of piperazine rings is 1. The predicted molar refractivity (Wildman–Crippen MR) is 136 cm³/mol. The molecule has 3 heterocycles. The third kappa shape index (κ3) is 5.08. The number of amides is 2. The van der Waals surface area contributed by atoms with E-state index in [-0.39, 0.29) is 29.6 Å². The molecule has 36 heavy (non-hydrogen) atoms. The number of nitrogens with one attached hydrogen (secondary N) is 1. The summed E-state index contributed by atoms with van der Waals surface area (Å²) >= 11 is 0. The quantitative estimate of drug-likeness (QED) is 0.595. The minimum Gasteiger partial charge on any atom is -0.491 e. The Morgan fingerprint density at radius 1 is 1.17 bits per heavy atom. The summed E-state index contributed by atoms with van der Waals surface area (Å²) in [5.41, 5.74) is 1.90. The van der Waals surface area contributed by atoms with Crippen LogP contribution in [-0.2, 0) is 11.3 Å². The van der Waals surface area contributed by atoms with Gasteiger partial charge in [0.05, 0.1) is 19.2 Å². The molecule has 4 rings (SSSR count). The molecule has 0 spiro atoms. The van der Waals surface area contributed by atoms with Gasteiger partial charge in [0.15, 0.2) is 11.6 Å². The van der Waals surface area contributed by atoms with E-state index in [1.807, 2.05) is 43.6 Å². The fraction of sp³-hybridized carbons (Fsp3) is 0.538. The van der Waals surface area contributed by atoms with Crippen LogP contribution in [0.15, 0.2) is 18.2 Å². The number of anilines is 2. The van der Waals surface area contributed by atoms with E-state index in [9.17, 15) is 14.0 Å². The molecule has 1 fully saturated rings. The summed E-state index contributed by atoms with van der Waals surface area (Å²) in [6.07, 6.45) is 0.831. The number of hydrogen-bond acceptors (Lipinski definition) is 7. The molecule has 1 aromatic carbocycles. The van der Waals surface area contributed by atoms with Gasteiger partial charge in [0.25, 0.3) is 5.91 Å². The Morgan fingerprint density at radius 3 is 2.50 bits per heavy atom. The van der Waals surface area contributed by atoms with Gasteiger partial charge in [-0.05, 0) is 44.9 Å². The molecule has 2 aliphatic heterocycles. The first-order chi connectivity index (χ1) is 17.2. The van der Waals surface area contributed by atoms with Crippen LogP contribution in [0.1, 0.15) is 68.7 Å². The lowest BCUT2D eigenvalue weighted by molar-refractivity contribution is -0.129. The Hall–Kier alpha value is -3.43. The van der Waals surface area contributed by atoms with Gasteiger partial charge in [-0.25, -0.2) is 9.37 Å². The van der Waals surface area contributed by atoms with Crippen molar-refractivity contribution >= 4 is 23.6 Å². The summed E-state index contributed by atoms with van der Waals surface area (Å²) < 4.78 is 19.8. The van der Waals surface area contributed by atoms with Crippen molar-refractivity contribution in [1.82, 2.24) is 19.8 Å². The van der Waals surface area contributed by atoms with Gasteiger partial charge in [0, 0.05) is 44.7 Å². The molecular formula is C26H35FN6O3. The second kappa shape index (κ2) is 10.7. The van der Waals surface area contributed by atoms with Crippen LogP contribution in [0, 0.1) is 5.82 Å². The molecule has 2 aliphatic rings. The molecule has 1 aromatic heterocycles. The van der Waals surface area contributed by atoms with Crippen LogP contribution in [0.4, 0.5) is 16.2 Å². The SMILES string of the molecule is CCOc1ccc([C@@H](C)Nc2nc(N3CCN(C(C)=O)CC3)nc3c2CN([C@@H](C)CC)C3=O)cc1F. The van der Waals surface area contributed by atoms with Crippen LogP contribution >= 0.6 is 0 Å². The molecule has 10 heteroatoms. The summed E-state index contributed by atoms with van der Waals surface area (Å²) in [4.78, 5) is 40.2. The first-order valence-corrected chi connectivity index (χ1v) is 12.6. The molecule has 0 saturated carbocycles. The largest absolute Gasteiger partial charge is 0.491 e. The molecule has 2 amide bonds. The number of ether oxygens (including phenoxy) is 1. The van der Waals surface area contributed by atoms with Crippen molar-refractivity contribution in [3.63, 3.8) is 0 Å². The molecule has 0 radical (unpaired) electrons. The molecule has 2 aromatic rings. The first kappa shape index (κ1) is 25.7. The topological polar surface area (TPSA) is 90.9 Å². The standard InChI is InChI=1S/C26H35FN6O3/c1-6-16(3)33-15-20-23(25(33)35)29-26(32-12-10-31(11-13-32)18(5)34)30-24(20)28-17(4)19-8-9-22(36-7-2)21(27)14-19/h8-9,14,16-17H,6-7,10-13,15H2,1-5H3,(H,28,29,30)/t16-,17+/m0/s1. The molecule has 1 N–H and O–H groups in total. The first-order valence-electron chi connectivity index (χ1n) is 12.6. The number of benzene rings is 1. The number of carbonyl (C=O) groups excluding carboxylic acids is 2. The molecule has 194 valence electrons. The monoisotopic (exact) mass is 498 g/mol. The smallest absolute Gasteiger partial charge is 0.273 e. The summed E-state index contributed by atoms with van der Waals surface area (Å²) in [7, 11) is 0. The normalized spacial score (nSPS) is 17.2. The maximum absolute atomic E-state index is 14.5. The third-order valence-corrected chi connectivity index (χ3v) is 7.03. The van der Waals surface area contributed by atoms with Crippen molar-refractivity contribution in [2.75, 3.05) is 43.0 Å². The maximum Gasteiger partial charge on any atom is 0.273 e. The Balaban J connectivity index is 1.65. The zero-order chi connectivity index (χ0) is 26.0. The Bertz CT molecular complexity index is 1130. The number of rotatable bonds is 8. The van der Waals surface area contributed by atoms with Gasteiger partial charge in [-0.3, -0.25) is 9.59 Å². The van der Waals surface area contributed by atoms with Crippen molar-refractivity contribution in [3.05, 3.63) is 40.8 Å². The van der Waals surface area contributed by atoms with Crippen LogP contribution < -0.4 is 15.0 Å². The van der Waals surface area contributed by atoms with Gasteiger partial charge < -0.3 is 24.8 Å². The average molecular weight is 499 g/mol. The van der Waals surface area contributed by atoms with E-state index in [0.717, 1.165) is 17.5 Å². The summed E-state index contributed by atoms with van der Waals surface area (Å²) in [5, 5.41) is 3.41. The van der Waals surface area contributed by atoms with E-state index in [1.54, 1.807) is 17.9 Å². The third-order valence-electron chi connectivity index (χ3n) is 7.03. The van der Waals surface area contributed by atoms with Crippen LogP contribution in [0.25, 0.3) is 0 Å². The number of carbonyl (C=O) groups is 2. The number of nitrogens with zero attached hydrogens (tertiary/aromatic N) is 5. The van der Waals surface area contributed by atoms with E-state index in [2.05, 4.69) is 10.3 Å². The molecule has 2 atom stereocenters. The number of aromatic nitrogens is 2. The second-order valence-electron chi connectivity index (χ2n) is 9.37. The van der Waals surface area contributed by atoms with Crippen molar-refractivity contribution in [3.8, 4) is 5.75 Å². The molecule has 0 unspecified atom stereocenters. The fourth-order valence-electron chi connectivity index (χ4n) is 4.58. The van der Waals surface area contributed by atoms with Gasteiger partial charge in [-0.15, -0.1) is 0 Å². The Morgan fingerprint density at radius 2 is 1.89 bits per heavy atom. The molecule has 0 bridgehead atoms. The second-order valence-corrected chi connectivity index (χ2v) is 9.37. The number of halogens is 1. The van der Waals surface area contributed by atoms with E-state index in [1.165, 1.54) is 6.07 Å². The molecular weight excluding hydrogens is 463 g/mol. The summed E-state index contributed by atoms with van der Waals surface area (Å²) in [6.45, 7) is 12.5. The van der Waals surface area contributed by atoms with Gasteiger partial charge in [-0.1, -0.05) is 13.0 Å². The van der Waals surface area contributed by atoms with Gasteiger partial charge in [0.2, 0.25) is 11.9 Å². The summed E-state index contributed by atoms with van der Waals surface area (Å²) in [5.74, 6) is 0.779. The van der Waals surface area contributed by atoms with Crippen molar-refractivity contribution in [1.29, 1.82) is 0 Å². The van der Waals surface area contributed by atoms with Crippen LogP contribution in [0.3, 0.4) is 0 Å². The van der Waals surface area contributed by atoms with E-state index < -0.39 is 5.82 Å². The van der Waals surface area contributed by atoms with E-state index >= 15 is 0 Å². The minimum atomic E-state index is -0.418. The van der Waals surface area contributed by atoms with E-state index in [4.69, 9.17) is 9.72 Å². The van der Waals surface area contributed by atoms with Gasteiger partial charge >= 0.3 is 0 Å². The molecule has 1 saturated heterocycles. The van der Waals surface area contributed by atoms with Crippen LogP contribution in [0.5, 0.6) is 5.75 Å². The summed E-state index contributed by atoms with van der Waals surface area (Å²) in [6, 6.07) is 4.71. The Labute approximate surface area is 211 Å². The zero-order valence-corrected chi connectivity index (χ0v) is 21.7. The van der Waals surface area contributed by atoms with Crippen molar-refractivity contribution < 1.29 is 18.7 Å². The lowest BCUT2D eigenvalue weighted by Gasteiger charge is -2.34. The zero-order valence-electron chi connectivity index (χ0n) is 21.7. The number of fused-ring (bicyclic) bond motifs is 1. The Kier molecular flexibility index (Phi) is 7.61. The van der Waals surface area contributed by atoms with E-state index in [0.29, 0.717) is 56.8 Å². The van der Waals surface area contributed by atoms with Crippen LogP contribution in [-0.4, -0.2) is 70.4 Å². The van der Waals surface area contributed by atoms with Crippen molar-refractivity contribution in [2.45, 2.75) is 59.7 Å². The maximum atomic E-state index is 14.5. The van der Waals surface area contributed by atoms with Gasteiger partial charge in [0.1, 0.15) is 11.5 Å². The van der Waals surface area contributed by atoms with Crippen LogP contribution in [0.2, 0.25) is 0 Å². The van der Waals surface area contributed by atoms with Crippen molar-refractivity contribution in [2.24, 2.45) is 0 Å². The van der Waals surface area contributed by atoms with Gasteiger partial charge in [-0.2, -0.15) is 4.98 Å². The predicted octanol–water partition coefficient (Wildman–Crippen LogP) is 3.61. The average Bonchev–Trinajstić information content (AvgIpc) is 3.21. The highest BCUT2D eigenvalue weighted by atomic mass is 19.1. The molecule has 9 nitrogen and oxygen atoms in total. The highest BCUT2D eigenvalue weighted by Crippen LogP contribution is 2.33. The number of hydrogen-bond donors (Lipinski definition) is 1. The highest BCUT2D eigenvalue weighted by molar-refractivity contribution is 5.98. The molecule has 0 aliphatic carbocycles.